The fraction of sp³-hybridized carbons (Fsp3) is 0.476. The molecular weight excluding hydrogens is 394 g/mol. The summed E-state index contributed by atoms with van der Waals surface area (Å²) in [5.41, 5.74) is 0.663. The molecule has 0 bridgehead atoms. The van der Waals surface area contributed by atoms with Gasteiger partial charge in [-0.15, -0.1) is 11.3 Å². The largest absolute Gasteiger partial charge is 0.434 e. The van der Waals surface area contributed by atoms with Crippen LogP contribution in [0.5, 0.6) is 5.75 Å². The Morgan fingerprint density at radius 3 is 2.90 bits per heavy atom. The van der Waals surface area contributed by atoms with Gasteiger partial charge >= 0.3 is 6.61 Å². The molecule has 1 aromatic heterocycles. The maximum Gasteiger partial charge on any atom is 0.387 e. The molecular formula is C21H28F2N4OS. The highest BCUT2D eigenvalue weighted by molar-refractivity contribution is 7.09. The Labute approximate surface area is 174 Å². The van der Waals surface area contributed by atoms with Crippen molar-refractivity contribution in [3.8, 4) is 5.75 Å². The SMILES string of the molecule is CN=C(NCc1ccccc1OC(F)F)NCC1CCCN(Cc2cccs2)C1. The lowest BCUT2D eigenvalue weighted by Gasteiger charge is -2.32. The molecule has 5 nitrogen and oxygen atoms in total. The van der Waals surface area contributed by atoms with E-state index >= 15 is 0 Å². The first kappa shape index (κ1) is 21.5. The Morgan fingerprint density at radius 1 is 1.28 bits per heavy atom. The maximum atomic E-state index is 12.6. The van der Waals surface area contributed by atoms with Crippen LogP contribution in [0, 0.1) is 5.92 Å². The monoisotopic (exact) mass is 422 g/mol. The molecule has 2 heterocycles. The molecule has 2 N–H and O–H groups in total. The van der Waals surface area contributed by atoms with Gasteiger partial charge in [-0.2, -0.15) is 8.78 Å². The average Bonchev–Trinajstić information content (AvgIpc) is 3.22. The molecule has 0 spiro atoms. The normalized spacial score (nSPS) is 18.1. The van der Waals surface area contributed by atoms with Crippen molar-refractivity contribution in [1.82, 2.24) is 15.5 Å². The standard InChI is InChI=1S/C21H28F2N4OS/c1-24-21(26-13-17-7-2-3-9-19(17)28-20(22)23)25-12-16-6-4-10-27(14-16)15-18-8-5-11-29-18/h2-3,5,7-9,11,16,20H,4,6,10,12-15H2,1H3,(H2,24,25,26). The smallest absolute Gasteiger partial charge is 0.387 e. The van der Waals surface area contributed by atoms with E-state index in [0.717, 1.165) is 26.2 Å². The van der Waals surface area contributed by atoms with E-state index in [-0.39, 0.29) is 5.75 Å². The number of para-hydroxylation sites is 1. The number of ether oxygens (including phenoxy) is 1. The zero-order valence-electron chi connectivity index (χ0n) is 16.6. The van der Waals surface area contributed by atoms with Crippen molar-refractivity contribution in [3.63, 3.8) is 0 Å². The van der Waals surface area contributed by atoms with E-state index in [1.807, 2.05) is 0 Å². The fourth-order valence-electron chi connectivity index (χ4n) is 3.59. The second kappa shape index (κ2) is 11.1. The first-order chi connectivity index (χ1) is 14.1. The summed E-state index contributed by atoms with van der Waals surface area (Å²) in [6, 6.07) is 11.1. The van der Waals surface area contributed by atoms with Crippen molar-refractivity contribution in [2.45, 2.75) is 32.5 Å². The number of benzene rings is 1. The third kappa shape index (κ3) is 6.97. The first-order valence-corrected chi connectivity index (χ1v) is 10.7. The van der Waals surface area contributed by atoms with Crippen molar-refractivity contribution in [3.05, 3.63) is 52.2 Å². The fourth-order valence-corrected chi connectivity index (χ4v) is 4.33. The van der Waals surface area contributed by atoms with Crippen molar-refractivity contribution in [2.75, 3.05) is 26.7 Å². The molecule has 0 saturated carbocycles. The maximum absolute atomic E-state index is 12.6. The number of hydrogen-bond acceptors (Lipinski definition) is 4. The van der Waals surface area contributed by atoms with E-state index in [1.54, 1.807) is 42.6 Å². The zero-order chi connectivity index (χ0) is 20.5. The summed E-state index contributed by atoms with van der Waals surface area (Å²) < 4.78 is 29.7. The number of piperidine rings is 1. The molecule has 158 valence electrons. The highest BCUT2D eigenvalue weighted by Gasteiger charge is 2.20. The Balaban J connectivity index is 1.46. The van der Waals surface area contributed by atoms with E-state index in [4.69, 9.17) is 0 Å². The van der Waals surface area contributed by atoms with Crippen molar-refractivity contribution in [1.29, 1.82) is 0 Å². The van der Waals surface area contributed by atoms with E-state index in [9.17, 15) is 8.78 Å². The number of nitrogens with zero attached hydrogens (tertiary/aromatic N) is 2. The van der Waals surface area contributed by atoms with Gasteiger partial charge in [-0.3, -0.25) is 9.89 Å². The van der Waals surface area contributed by atoms with Crippen LogP contribution in [0.25, 0.3) is 0 Å². The lowest BCUT2D eigenvalue weighted by molar-refractivity contribution is -0.0504. The molecule has 1 aromatic carbocycles. The highest BCUT2D eigenvalue weighted by Crippen LogP contribution is 2.21. The molecule has 1 aliphatic rings. The van der Waals surface area contributed by atoms with Gasteiger partial charge in [-0.05, 0) is 42.8 Å². The molecule has 0 radical (unpaired) electrons. The van der Waals surface area contributed by atoms with Gasteiger partial charge in [0.05, 0.1) is 0 Å². The van der Waals surface area contributed by atoms with Crippen LogP contribution < -0.4 is 15.4 Å². The third-order valence-corrected chi connectivity index (χ3v) is 5.84. The van der Waals surface area contributed by atoms with Crippen LogP contribution in [-0.2, 0) is 13.1 Å². The van der Waals surface area contributed by atoms with E-state index in [2.05, 4.69) is 42.8 Å². The highest BCUT2D eigenvalue weighted by atomic mass is 32.1. The second-order valence-electron chi connectivity index (χ2n) is 7.12. The van der Waals surface area contributed by atoms with Gasteiger partial charge in [0.1, 0.15) is 5.75 Å². The van der Waals surface area contributed by atoms with E-state index in [1.165, 1.54) is 17.7 Å². The number of thiophene rings is 1. The van der Waals surface area contributed by atoms with Gasteiger partial charge in [0.15, 0.2) is 5.96 Å². The lowest BCUT2D eigenvalue weighted by Crippen LogP contribution is -2.44. The number of nitrogens with one attached hydrogen (secondary N) is 2. The summed E-state index contributed by atoms with van der Waals surface area (Å²) in [5.74, 6) is 1.39. The number of halogens is 2. The molecule has 3 rings (SSSR count). The van der Waals surface area contributed by atoms with Crippen LogP contribution in [0.1, 0.15) is 23.3 Å². The minimum Gasteiger partial charge on any atom is -0.434 e. The van der Waals surface area contributed by atoms with Crippen LogP contribution in [0.3, 0.4) is 0 Å². The van der Waals surface area contributed by atoms with Crippen molar-refractivity contribution < 1.29 is 13.5 Å². The summed E-state index contributed by atoms with van der Waals surface area (Å²) in [6.45, 7) is 1.57. The van der Waals surface area contributed by atoms with Crippen LogP contribution in [-0.4, -0.2) is 44.2 Å². The topological polar surface area (TPSA) is 48.9 Å². The van der Waals surface area contributed by atoms with Gasteiger partial charge < -0.3 is 15.4 Å². The summed E-state index contributed by atoms with van der Waals surface area (Å²) in [5, 5.41) is 8.69. The Bertz CT molecular complexity index is 770. The van der Waals surface area contributed by atoms with Crippen LogP contribution in [0.15, 0.2) is 46.8 Å². The molecule has 8 heteroatoms. The predicted molar refractivity (Wildman–Crippen MR) is 114 cm³/mol. The Hall–Kier alpha value is -2.19. The lowest BCUT2D eigenvalue weighted by atomic mass is 9.98. The molecule has 0 aliphatic carbocycles. The Morgan fingerprint density at radius 2 is 2.14 bits per heavy atom. The van der Waals surface area contributed by atoms with E-state index in [0.29, 0.717) is 24.0 Å². The zero-order valence-corrected chi connectivity index (χ0v) is 17.4. The summed E-state index contributed by atoms with van der Waals surface area (Å²) >= 11 is 1.81. The molecule has 1 saturated heterocycles. The third-order valence-electron chi connectivity index (χ3n) is 4.98. The van der Waals surface area contributed by atoms with Crippen LogP contribution in [0.2, 0.25) is 0 Å². The number of likely N-dealkylation sites (tertiary alicyclic amines) is 1. The summed E-state index contributed by atoms with van der Waals surface area (Å²) in [4.78, 5) is 8.16. The average molecular weight is 423 g/mol. The van der Waals surface area contributed by atoms with Gasteiger partial charge in [-0.25, -0.2) is 0 Å². The second-order valence-corrected chi connectivity index (χ2v) is 8.15. The molecule has 1 unspecified atom stereocenters. The number of alkyl halides is 2. The Kier molecular flexibility index (Phi) is 8.25. The molecule has 1 aliphatic heterocycles. The molecule has 1 atom stereocenters. The number of aliphatic imine (C=N–C) groups is 1. The van der Waals surface area contributed by atoms with Gasteiger partial charge in [-0.1, -0.05) is 24.3 Å². The predicted octanol–water partition coefficient (Wildman–Crippen LogP) is 3.93. The number of rotatable bonds is 8. The first-order valence-electron chi connectivity index (χ1n) is 9.86. The van der Waals surface area contributed by atoms with Gasteiger partial charge in [0, 0.05) is 43.7 Å². The minimum absolute atomic E-state index is 0.182. The molecule has 29 heavy (non-hydrogen) atoms. The van der Waals surface area contributed by atoms with E-state index < -0.39 is 6.61 Å². The summed E-state index contributed by atoms with van der Waals surface area (Å²) in [6.07, 6.45) is 2.39. The summed E-state index contributed by atoms with van der Waals surface area (Å²) in [7, 11) is 1.71. The van der Waals surface area contributed by atoms with Crippen LogP contribution in [0.4, 0.5) is 8.78 Å². The van der Waals surface area contributed by atoms with Gasteiger partial charge in [0.2, 0.25) is 0 Å². The minimum atomic E-state index is -2.84. The molecule has 2 aromatic rings. The van der Waals surface area contributed by atoms with Crippen molar-refractivity contribution >= 4 is 17.3 Å². The molecule has 0 amide bonds. The molecule has 1 fully saturated rings. The quantitative estimate of drug-likeness (QED) is 0.500. The number of hydrogen-bond donors (Lipinski definition) is 2. The van der Waals surface area contributed by atoms with Crippen molar-refractivity contribution in [2.24, 2.45) is 10.9 Å². The van der Waals surface area contributed by atoms with Gasteiger partial charge in [0.25, 0.3) is 0 Å². The van der Waals surface area contributed by atoms with Crippen LogP contribution >= 0.6 is 11.3 Å². The number of guanidine groups is 1.